The van der Waals surface area contributed by atoms with Gasteiger partial charge < -0.3 is 14.8 Å². The summed E-state index contributed by atoms with van der Waals surface area (Å²) >= 11 is 0. The Kier molecular flexibility index (Phi) is 5.23. The molecule has 1 aliphatic rings. The molecule has 0 radical (unpaired) electrons. The Bertz CT molecular complexity index is 402. The van der Waals surface area contributed by atoms with Gasteiger partial charge in [-0.15, -0.1) is 0 Å². The van der Waals surface area contributed by atoms with E-state index in [2.05, 4.69) is 38.2 Å². The molecule has 0 amide bonds. The van der Waals surface area contributed by atoms with Crippen molar-refractivity contribution < 1.29 is 9.47 Å². The topological polar surface area (TPSA) is 30.5 Å². The third-order valence-corrected chi connectivity index (χ3v) is 3.56. The summed E-state index contributed by atoms with van der Waals surface area (Å²) in [6.45, 7) is 8.56. The first-order valence-corrected chi connectivity index (χ1v) is 7.25. The molecule has 0 aliphatic heterocycles. The molecule has 3 heteroatoms. The molecule has 1 aliphatic carbocycles. The average Bonchev–Trinajstić information content (AvgIpc) is 3.20. The van der Waals surface area contributed by atoms with Crippen LogP contribution in [-0.2, 0) is 4.74 Å². The molecule has 0 bridgehead atoms. The number of ether oxygens (including phenoxy) is 2. The lowest BCUT2D eigenvalue weighted by molar-refractivity contribution is 0.00960. The van der Waals surface area contributed by atoms with Crippen molar-refractivity contribution in [3.8, 4) is 5.75 Å². The van der Waals surface area contributed by atoms with Crippen LogP contribution in [0.4, 0.5) is 0 Å². The van der Waals surface area contributed by atoms with E-state index in [0.29, 0.717) is 12.8 Å². The molecule has 3 nitrogen and oxygen atoms in total. The SMILES string of the molecule is CCNC(C)c1ccc(OCOCC2CC2)c(C)c1. The highest BCUT2D eigenvalue weighted by Gasteiger charge is 2.21. The summed E-state index contributed by atoms with van der Waals surface area (Å²) in [6, 6.07) is 6.72. The van der Waals surface area contributed by atoms with Crippen molar-refractivity contribution in [1.29, 1.82) is 0 Å². The van der Waals surface area contributed by atoms with Gasteiger partial charge in [-0.1, -0.05) is 19.1 Å². The first-order valence-electron chi connectivity index (χ1n) is 7.25. The van der Waals surface area contributed by atoms with Gasteiger partial charge in [-0.05, 0) is 56.3 Å². The van der Waals surface area contributed by atoms with Crippen molar-refractivity contribution in [1.82, 2.24) is 5.32 Å². The molecule has 1 N–H and O–H groups in total. The molecule has 0 spiro atoms. The molecular weight excluding hydrogens is 238 g/mol. The summed E-state index contributed by atoms with van der Waals surface area (Å²) in [5.74, 6) is 1.70. The van der Waals surface area contributed by atoms with Crippen LogP contribution in [0.3, 0.4) is 0 Å². The van der Waals surface area contributed by atoms with E-state index in [1.54, 1.807) is 0 Å². The number of nitrogens with one attached hydrogen (secondary N) is 1. The summed E-state index contributed by atoms with van der Waals surface area (Å²) in [7, 11) is 0. The standard InChI is InChI=1S/C16H25NO2/c1-4-17-13(3)15-7-8-16(12(2)9-15)19-11-18-10-14-5-6-14/h7-9,13-14,17H,4-6,10-11H2,1-3H3. The van der Waals surface area contributed by atoms with E-state index in [1.807, 2.05) is 6.07 Å². The summed E-state index contributed by atoms with van der Waals surface area (Å²) in [5, 5.41) is 3.41. The minimum atomic E-state index is 0.361. The van der Waals surface area contributed by atoms with Gasteiger partial charge in [0, 0.05) is 6.04 Å². The highest BCUT2D eigenvalue weighted by atomic mass is 16.7. The van der Waals surface area contributed by atoms with Gasteiger partial charge in [0.15, 0.2) is 6.79 Å². The van der Waals surface area contributed by atoms with Crippen LogP contribution in [0, 0.1) is 12.8 Å². The van der Waals surface area contributed by atoms with Crippen LogP contribution < -0.4 is 10.1 Å². The van der Waals surface area contributed by atoms with Gasteiger partial charge in [-0.25, -0.2) is 0 Å². The molecule has 0 aromatic heterocycles. The molecule has 1 aromatic carbocycles. The van der Waals surface area contributed by atoms with E-state index < -0.39 is 0 Å². The van der Waals surface area contributed by atoms with Gasteiger partial charge in [-0.3, -0.25) is 0 Å². The lowest BCUT2D eigenvalue weighted by Crippen LogP contribution is -2.17. The Hall–Kier alpha value is -1.06. The molecular formula is C16H25NO2. The monoisotopic (exact) mass is 263 g/mol. The van der Waals surface area contributed by atoms with Crippen LogP contribution in [0.1, 0.15) is 43.9 Å². The number of hydrogen-bond donors (Lipinski definition) is 1. The predicted octanol–water partition coefficient (Wildman–Crippen LogP) is 3.43. The molecule has 1 unspecified atom stereocenters. The van der Waals surface area contributed by atoms with Crippen molar-refractivity contribution in [2.45, 2.75) is 39.7 Å². The molecule has 19 heavy (non-hydrogen) atoms. The van der Waals surface area contributed by atoms with E-state index in [9.17, 15) is 0 Å². The Morgan fingerprint density at radius 2 is 2.16 bits per heavy atom. The average molecular weight is 263 g/mol. The lowest BCUT2D eigenvalue weighted by atomic mass is 10.1. The molecule has 1 saturated carbocycles. The number of hydrogen-bond acceptors (Lipinski definition) is 3. The quantitative estimate of drug-likeness (QED) is 0.576. The smallest absolute Gasteiger partial charge is 0.189 e. The summed E-state index contributed by atoms with van der Waals surface area (Å²) < 4.78 is 11.2. The highest BCUT2D eigenvalue weighted by Crippen LogP contribution is 2.29. The van der Waals surface area contributed by atoms with Gasteiger partial charge >= 0.3 is 0 Å². The highest BCUT2D eigenvalue weighted by molar-refractivity contribution is 5.37. The Morgan fingerprint density at radius 1 is 1.37 bits per heavy atom. The van der Waals surface area contributed by atoms with Crippen LogP contribution in [-0.4, -0.2) is 19.9 Å². The first-order chi connectivity index (χ1) is 9.20. The zero-order valence-corrected chi connectivity index (χ0v) is 12.2. The van der Waals surface area contributed by atoms with Gasteiger partial charge in [0.1, 0.15) is 5.75 Å². The minimum absolute atomic E-state index is 0.361. The third kappa shape index (κ3) is 4.51. The van der Waals surface area contributed by atoms with Crippen LogP contribution >= 0.6 is 0 Å². The third-order valence-electron chi connectivity index (χ3n) is 3.56. The zero-order chi connectivity index (χ0) is 13.7. The molecule has 1 atom stereocenters. The lowest BCUT2D eigenvalue weighted by Gasteiger charge is -2.15. The summed E-state index contributed by atoms with van der Waals surface area (Å²) in [4.78, 5) is 0. The van der Waals surface area contributed by atoms with Crippen LogP contribution in [0.15, 0.2) is 18.2 Å². The normalized spacial score (nSPS) is 16.4. The predicted molar refractivity (Wildman–Crippen MR) is 77.4 cm³/mol. The molecule has 106 valence electrons. The molecule has 2 rings (SSSR count). The van der Waals surface area contributed by atoms with Gasteiger partial charge in [0.25, 0.3) is 0 Å². The first kappa shape index (κ1) is 14.4. The van der Waals surface area contributed by atoms with Crippen molar-refractivity contribution in [3.05, 3.63) is 29.3 Å². The number of rotatable bonds is 8. The van der Waals surface area contributed by atoms with Crippen LogP contribution in [0.5, 0.6) is 5.75 Å². The Balaban J connectivity index is 1.83. The maximum atomic E-state index is 5.67. The summed E-state index contributed by atoms with van der Waals surface area (Å²) in [6.07, 6.45) is 2.63. The number of benzene rings is 1. The van der Waals surface area contributed by atoms with E-state index in [-0.39, 0.29) is 0 Å². The van der Waals surface area contributed by atoms with Crippen LogP contribution in [0.25, 0.3) is 0 Å². The fourth-order valence-electron chi connectivity index (χ4n) is 2.13. The van der Waals surface area contributed by atoms with E-state index >= 15 is 0 Å². The largest absolute Gasteiger partial charge is 0.467 e. The molecule has 1 aromatic rings. The van der Waals surface area contributed by atoms with E-state index in [1.165, 1.54) is 18.4 Å². The maximum Gasteiger partial charge on any atom is 0.189 e. The molecule has 0 heterocycles. The van der Waals surface area contributed by atoms with Crippen molar-refractivity contribution >= 4 is 0 Å². The fraction of sp³-hybridized carbons (Fsp3) is 0.625. The van der Waals surface area contributed by atoms with Gasteiger partial charge in [-0.2, -0.15) is 0 Å². The van der Waals surface area contributed by atoms with Crippen molar-refractivity contribution in [3.63, 3.8) is 0 Å². The minimum Gasteiger partial charge on any atom is -0.467 e. The second-order valence-corrected chi connectivity index (χ2v) is 5.38. The summed E-state index contributed by atoms with van der Waals surface area (Å²) in [5.41, 5.74) is 2.46. The van der Waals surface area contributed by atoms with Crippen LogP contribution in [0.2, 0.25) is 0 Å². The van der Waals surface area contributed by atoms with E-state index in [0.717, 1.165) is 30.4 Å². The second kappa shape index (κ2) is 6.92. The maximum absolute atomic E-state index is 5.67. The van der Waals surface area contributed by atoms with Gasteiger partial charge in [0.05, 0.1) is 6.61 Å². The molecule has 1 fully saturated rings. The zero-order valence-electron chi connectivity index (χ0n) is 12.2. The van der Waals surface area contributed by atoms with E-state index in [4.69, 9.17) is 9.47 Å². The molecule has 0 saturated heterocycles. The Morgan fingerprint density at radius 3 is 2.79 bits per heavy atom. The number of aryl methyl sites for hydroxylation is 1. The van der Waals surface area contributed by atoms with Crippen molar-refractivity contribution in [2.75, 3.05) is 19.9 Å². The fourth-order valence-corrected chi connectivity index (χ4v) is 2.13. The van der Waals surface area contributed by atoms with Crippen molar-refractivity contribution in [2.24, 2.45) is 5.92 Å². The van der Waals surface area contributed by atoms with Gasteiger partial charge in [0.2, 0.25) is 0 Å². The Labute approximate surface area is 116 Å². The second-order valence-electron chi connectivity index (χ2n) is 5.38.